The monoisotopic (exact) mass is 503 g/mol. The van der Waals surface area contributed by atoms with Crippen molar-refractivity contribution in [3.05, 3.63) is 65.7 Å². The zero-order valence-electron chi connectivity index (χ0n) is 16.6. The van der Waals surface area contributed by atoms with Gasteiger partial charge in [-0.05, 0) is 49.6 Å². The van der Waals surface area contributed by atoms with E-state index in [-0.39, 0.29) is 24.0 Å². The van der Waals surface area contributed by atoms with Gasteiger partial charge in [0.05, 0.1) is 0 Å². The van der Waals surface area contributed by atoms with Gasteiger partial charge in [-0.1, -0.05) is 18.2 Å². The number of aliphatic imine (C=N–C) groups is 1. The van der Waals surface area contributed by atoms with Gasteiger partial charge in [0.25, 0.3) is 0 Å². The minimum Gasteiger partial charge on any atom is -0.361 e. The number of H-pyrrole nitrogens is 1. The van der Waals surface area contributed by atoms with Gasteiger partial charge in [-0.2, -0.15) is 0 Å². The Morgan fingerprint density at radius 1 is 1.14 bits per heavy atom. The van der Waals surface area contributed by atoms with Gasteiger partial charge in [0.2, 0.25) is 0 Å². The van der Waals surface area contributed by atoms with E-state index in [9.17, 15) is 0 Å². The molecule has 0 radical (unpaired) electrons. The minimum absolute atomic E-state index is 0. The first-order valence-corrected chi connectivity index (χ1v) is 9.62. The van der Waals surface area contributed by atoms with Crippen molar-refractivity contribution in [2.75, 3.05) is 13.1 Å². The maximum absolute atomic E-state index is 4.67. The number of nitrogens with zero attached hydrogens (tertiary/aromatic N) is 4. The normalized spacial score (nSPS) is 11.6. The number of aromatic nitrogens is 4. The molecule has 4 aromatic rings. The largest absolute Gasteiger partial charge is 0.361 e. The molecule has 1 aromatic carbocycles. The van der Waals surface area contributed by atoms with Gasteiger partial charge >= 0.3 is 0 Å². The highest BCUT2D eigenvalue weighted by molar-refractivity contribution is 14.0. The van der Waals surface area contributed by atoms with Crippen molar-refractivity contribution in [2.45, 2.75) is 26.8 Å². The summed E-state index contributed by atoms with van der Waals surface area (Å²) >= 11 is 0. The van der Waals surface area contributed by atoms with Gasteiger partial charge in [-0.15, -0.1) is 34.2 Å². The molecule has 4 rings (SSSR count). The molecular weight excluding hydrogens is 477 g/mol. The summed E-state index contributed by atoms with van der Waals surface area (Å²) in [5.74, 6) is 1.60. The number of pyridine rings is 1. The predicted molar refractivity (Wildman–Crippen MR) is 128 cm³/mol. The number of fused-ring (bicyclic) bond motifs is 2. The molecule has 7 nitrogen and oxygen atoms in total. The molecule has 0 amide bonds. The third-order valence-electron chi connectivity index (χ3n) is 4.79. The molecule has 0 aliphatic carbocycles. The second-order valence-corrected chi connectivity index (χ2v) is 6.73. The van der Waals surface area contributed by atoms with Crippen molar-refractivity contribution in [2.24, 2.45) is 4.99 Å². The van der Waals surface area contributed by atoms with Crippen LogP contribution >= 0.6 is 24.0 Å². The number of rotatable bonds is 6. The van der Waals surface area contributed by atoms with E-state index in [0.717, 1.165) is 36.9 Å². The Kier molecular flexibility index (Phi) is 7.08. The van der Waals surface area contributed by atoms with E-state index in [4.69, 9.17) is 0 Å². The number of halogens is 1. The summed E-state index contributed by atoms with van der Waals surface area (Å²) in [4.78, 5) is 8.03. The van der Waals surface area contributed by atoms with Crippen molar-refractivity contribution in [3.8, 4) is 0 Å². The number of hydrogen-bond donors (Lipinski definition) is 3. The fourth-order valence-corrected chi connectivity index (χ4v) is 3.45. The Balaban J connectivity index is 0.00000240. The summed E-state index contributed by atoms with van der Waals surface area (Å²) in [7, 11) is 0. The standard InChI is InChI=1S/C21H25N7.HI/c1-3-22-21(25-14-19-27-26-18-9-4-5-12-28(18)19)23-11-10-16-13-24-17-8-6-7-15(2)20(16)17;/h4-9,12-13,24H,3,10-11,14H2,1-2H3,(H2,22,23,25);1H. The molecule has 3 N–H and O–H groups in total. The topological polar surface area (TPSA) is 82.4 Å². The molecule has 3 aromatic heterocycles. The van der Waals surface area contributed by atoms with Gasteiger partial charge in [0, 0.05) is 36.4 Å². The van der Waals surface area contributed by atoms with Gasteiger partial charge in [0.1, 0.15) is 6.54 Å². The maximum Gasteiger partial charge on any atom is 0.191 e. The zero-order chi connectivity index (χ0) is 19.3. The van der Waals surface area contributed by atoms with Crippen LogP contribution in [0.2, 0.25) is 0 Å². The van der Waals surface area contributed by atoms with E-state index in [1.165, 1.54) is 22.0 Å². The van der Waals surface area contributed by atoms with Crippen molar-refractivity contribution < 1.29 is 0 Å². The molecule has 3 heterocycles. The van der Waals surface area contributed by atoms with Crippen molar-refractivity contribution in [1.29, 1.82) is 0 Å². The second kappa shape index (κ2) is 9.73. The third kappa shape index (κ3) is 4.69. The molecule has 29 heavy (non-hydrogen) atoms. The van der Waals surface area contributed by atoms with Gasteiger partial charge in [-0.3, -0.25) is 4.40 Å². The fraction of sp³-hybridized carbons (Fsp3) is 0.286. The summed E-state index contributed by atoms with van der Waals surface area (Å²) in [5.41, 5.74) is 4.64. The van der Waals surface area contributed by atoms with Crippen LogP contribution < -0.4 is 10.6 Å². The smallest absolute Gasteiger partial charge is 0.191 e. The average Bonchev–Trinajstić information content (AvgIpc) is 3.31. The van der Waals surface area contributed by atoms with Crippen LogP contribution in [0.5, 0.6) is 0 Å². The molecule has 0 aliphatic heterocycles. The number of nitrogens with one attached hydrogen (secondary N) is 3. The predicted octanol–water partition coefficient (Wildman–Crippen LogP) is 3.43. The number of aryl methyl sites for hydroxylation is 1. The Morgan fingerprint density at radius 2 is 2.03 bits per heavy atom. The first-order chi connectivity index (χ1) is 13.8. The fourth-order valence-electron chi connectivity index (χ4n) is 3.45. The zero-order valence-corrected chi connectivity index (χ0v) is 19.0. The molecule has 0 unspecified atom stereocenters. The highest BCUT2D eigenvalue weighted by Crippen LogP contribution is 2.22. The number of aromatic amines is 1. The lowest BCUT2D eigenvalue weighted by Crippen LogP contribution is -2.38. The maximum atomic E-state index is 4.67. The van der Waals surface area contributed by atoms with E-state index in [1.54, 1.807) is 0 Å². The van der Waals surface area contributed by atoms with E-state index < -0.39 is 0 Å². The van der Waals surface area contributed by atoms with Crippen molar-refractivity contribution in [1.82, 2.24) is 30.2 Å². The molecule has 152 valence electrons. The first kappa shape index (κ1) is 21.1. The number of hydrogen-bond acceptors (Lipinski definition) is 3. The molecule has 0 aliphatic rings. The summed E-state index contributed by atoms with van der Waals surface area (Å²) in [6, 6.07) is 12.2. The molecule has 0 saturated carbocycles. The molecule has 0 bridgehead atoms. The molecule has 0 atom stereocenters. The lowest BCUT2D eigenvalue weighted by Gasteiger charge is -2.11. The van der Waals surface area contributed by atoms with Crippen molar-refractivity contribution in [3.63, 3.8) is 0 Å². The highest BCUT2D eigenvalue weighted by Gasteiger charge is 2.07. The minimum atomic E-state index is 0. The first-order valence-electron chi connectivity index (χ1n) is 9.62. The van der Waals surface area contributed by atoms with Crippen LogP contribution in [-0.4, -0.2) is 38.6 Å². The van der Waals surface area contributed by atoms with Crippen LogP contribution in [0.15, 0.2) is 53.8 Å². The van der Waals surface area contributed by atoms with Crippen LogP contribution in [0.4, 0.5) is 0 Å². The van der Waals surface area contributed by atoms with Gasteiger partial charge in [-0.25, -0.2) is 4.99 Å². The molecular formula is C21H26IN7. The van der Waals surface area contributed by atoms with Crippen LogP contribution in [0, 0.1) is 6.92 Å². The third-order valence-corrected chi connectivity index (χ3v) is 4.79. The molecule has 0 saturated heterocycles. The Morgan fingerprint density at radius 3 is 2.90 bits per heavy atom. The molecule has 0 spiro atoms. The Labute approximate surface area is 187 Å². The average molecular weight is 503 g/mol. The summed E-state index contributed by atoms with van der Waals surface area (Å²) in [6.45, 7) is 6.28. The Bertz CT molecular complexity index is 1110. The molecule has 0 fully saturated rings. The SMILES string of the molecule is CCNC(=NCc1nnc2ccccn12)NCCc1c[nH]c2cccc(C)c12.I. The second-order valence-electron chi connectivity index (χ2n) is 6.73. The van der Waals surface area contributed by atoms with E-state index in [2.05, 4.69) is 69.1 Å². The van der Waals surface area contributed by atoms with E-state index in [0.29, 0.717) is 6.54 Å². The van der Waals surface area contributed by atoms with Gasteiger partial charge in [0.15, 0.2) is 17.4 Å². The summed E-state index contributed by atoms with van der Waals surface area (Å²) in [5, 5.41) is 16.5. The van der Waals surface area contributed by atoms with Crippen LogP contribution in [0.1, 0.15) is 23.9 Å². The van der Waals surface area contributed by atoms with Crippen LogP contribution in [0.3, 0.4) is 0 Å². The molecule has 8 heteroatoms. The van der Waals surface area contributed by atoms with Gasteiger partial charge < -0.3 is 15.6 Å². The van der Waals surface area contributed by atoms with E-state index >= 15 is 0 Å². The number of guanidine groups is 1. The quantitative estimate of drug-likeness (QED) is 0.214. The van der Waals surface area contributed by atoms with Crippen molar-refractivity contribution >= 4 is 46.5 Å². The highest BCUT2D eigenvalue weighted by atomic mass is 127. The lowest BCUT2D eigenvalue weighted by molar-refractivity contribution is 0.789. The Hall–Kier alpha value is -2.62. The van der Waals surface area contributed by atoms with E-state index in [1.807, 2.05) is 28.8 Å². The van der Waals surface area contributed by atoms with Crippen LogP contribution in [0.25, 0.3) is 16.6 Å². The summed E-state index contributed by atoms with van der Waals surface area (Å²) in [6.07, 6.45) is 4.98. The number of benzene rings is 1. The lowest BCUT2D eigenvalue weighted by atomic mass is 10.1. The van der Waals surface area contributed by atoms with Crippen LogP contribution in [-0.2, 0) is 13.0 Å². The summed E-state index contributed by atoms with van der Waals surface area (Å²) < 4.78 is 1.96.